The Morgan fingerprint density at radius 3 is 2.81 bits per heavy atom. The molecule has 2 rings (SSSR count). The number of para-hydroxylation sites is 1. The first-order valence-electron chi connectivity index (χ1n) is 7.16. The van der Waals surface area contributed by atoms with Gasteiger partial charge >= 0.3 is 0 Å². The largest absolute Gasteiger partial charge is 0.493 e. The van der Waals surface area contributed by atoms with Crippen molar-refractivity contribution in [2.75, 3.05) is 20.2 Å². The molecule has 0 aliphatic heterocycles. The minimum atomic E-state index is -0.585. The van der Waals surface area contributed by atoms with Gasteiger partial charge in [0, 0.05) is 31.5 Å². The van der Waals surface area contributed by atoms with Crippen LogP contribution in [0.5, 0.6) is 5.75 Å². The fourth-order valence-corrected chi connectivity index (χ4v) is 2.29. The summed E-state index contributed by atoms with van der Waals surface area (Å²) in [6.07, 6.45) is 3.12. The van der Waals surface area contributed by atoms with E-state index in [1.807, 2.05) is 56.0 Å². The Morgan fingerprint density at radius 2 is 2.14 bits per heavy atom. The number of aromatic nitrogens is 2. The third-order valence-electron chi connectivity index (χ3n) is 3.39. The van der Waals surface area contributed by atoms with Crippen LogP contribution in [0.1, 0.15) is 24.4 Å². The lowest BCUT2D eigenvalue weighted by molar-refractivity contribution is 0.118. The van der Waals surface area contributed by atoms with Gasteiger partial charge in [-0.15, -0.1) is 0 Å². The lowest BCUT2D eigenvalue weighted by Gasteiger charge is -2.22. The third kappa shape index (κ3) is 4.06. The van der Waals surface area contributed by atoms with Gasteiger partial charge in [0.1, 0.15) is 11.6 Å². The van der Waals surface area contributed by atoms with Crippen LogP contribution in [0, 0.1) is 0 Å². The van der Waals surface area contributed by atoms with E-state index in [1.54, 1.807) is 6.20 Å². The number of benzene rings is 1. The summed E-state index contributed by atoms with van der Waals surface area (Å²) in [7, 11) is 3.94. The van der Waals surface area contributed by atoms with Crippen LogP contribution >= 0.6 is 0 Å². The summed E-state index contributed by atoms with van der Waals surface area (Å²) >= 11 is 0. The molecule has 5 heteroatoms. The van der Waals surface area contributed by atoms with E-state index in [1.165, 1.54) is 0 Å². The van der Waals surface area contributed by atoms with E-state index in [0.717, 1.165) is 17.1 Å². The number of hydrogen-bond acceptors (Lipinski definition) is 4. The summed E-state index contributed by atoms with van der Waals surface area (Å²) in [5.41, 5.74) is 0.825. The third-order valence-corrected chi connectivity index (χ3v) is 3.39. The van der Waals surface area contributed by atoms with Gasteiger partial charge in [0.2, 0.25) is 0 Å². The van der Waals surface area contributed by atoms with Gasteiger partial charge in [0.25, 0.3) is 0 Å². The van der Waals surface area contributed by atoms with Gasteiger partial charge in [-0.3, -0.25) is 4.90 Å². The first-order valence-corrected chi connectivity index (χ1v) is 7.16. The highest BCUT2D eigenvalue weighted by Crippen LogP contribution is 2.25. The van der Waals surface area contributed by atoms with Crippen molar-refractivity contribution in [2.45, 2.75) is 19.6 Å². The zero-order chi connectivity index (χ0) is 15.2. The van der Waals surface area contributed by atoms with Crippen molar-refractivity contribution in [1.29, 1.82) is 0 Å². The Balaban J connectivity index is 2.00. The summed E-state index contributed by atoms with van der Waals surface area (Å²) in [6.45, 7) is 3.75. The highest BCUT2D eigenvalue weighted by Gasteiger charge is 2.16. The maximum absolute atomic E-state index is 10.4. The van der Waals surface area contributed by atoms with Gasteiger partial charge in [0.05, 0.1) is 19.3 Å². The van der Waals surface area contributed by atoms with E-state index in [-0.39, 0.29) is 0 Å². The molecule has 2 aromatic rings. The molecule has 5 nitrogen and oxygen atoms in total. The van der Waals surface area contributed by atoms with Gasteiger partial charge in [-0.2, -0.15) is 0 Å². The predicted octanol–water partition coefficient (Wildman–Crippen LogP) is 1.98. The van der Waals surface area contributed by atoms with E-state index in [9.17, 15) is 5.11 Å². The van der Waals surface area contributed by atoms with Crippen LogP contribution in [0.15, 0.2) is 36.7 Å². The van der Waals surface area contributed by atoms with Gasteiger partial charge in [-0.05, 0) is 20.0 Å². The summed E-state index contributed by atoms with van der Waals surface area (Å²) in [5.74, 6) is 1.72. The number of likely N-dealkylation sites (N-methyl/N-ethyl adjacent to an activating group) is 1. The molecule has 0 aliphatic carbocycles. The topological polar surface area (TPSA) is 50.5 Å². The number of hydrogen-bond donors (Lipinski definition) is 1. The number of aliphatic hydroxyl groups excluding tert-OH is 1. The van der Waals surface area contributed by atoms with Crippen molar-refractivity contribution < 1.29 is 9.84 Å². The lowest BCUT2D eigenvalue weighted by atomic mass is 10.1. The van der Waals surface area contributed by atoms with Gasteiger partial charge in [0.15, 0.2) is 0 Å². The van der Waals surface area contributed by atoms with Crippen LogP contribution in [0.25, 0.3) is 0 Å². The zero-order valence-electron chi connectivity index (χ0n) is 12.9. The minimum Gasteiger partial charge on any atom is -0.493 e. The molecule has 0 spiro atoms. The van der Waals surface area contributed by atoms with Crippen molar-refractivity contribution >= 4 is 0 Å². The molecular weight excluding hydrogens is 266 g/mol. The maximum Gasteiger partial charge on any atom is 0.125 e. The number of imidazole rings is 1. The molecular formula is C16H23N3O2. The number of ether oxygens (including phenoxy) is 1. The Hall–Kier alpha value is -1.85. The quantitative estimate of drug-likeness (QED) is 0.847. The molecule has 21 heavy (non-hydrogen) atoms. The molecule has 1 N–H and O–H groups in total. The SMILES string of the molecule is CCOc1ccccc1C(O)CN(C)Cc1nccn1C. The van der Waals surface area contributed by atoms with E-state index in [0.29, 0.717) is 19.7 Å². The van der Waals surface area contributed by atoms with Crippen molar-refractivity contribution in [3.05, 3.63) is 48.0 Å². The molecule has 1 aromatic heterocycles. The lowest BCUT2D eigenvalue weighted by Crippen LogP contribution is -2.25. The molecule has 1 heterocycles. The first kappa shape index (κ1) is 15.5. The normalized spacial score (nSPS) is 12.6. The summed E-state index contributed by atoms with van der Waals surface area (Å²) in [6, 6.07) is 7.63. The maximum atomic E-state index is 10.4. The second kappa shape index (κ2) is 7.24. The van der Waals surface area contributed by atoms with Crippen LogP contribution in [0.2, 0.25) is 0 Å². The number of nitrogens with zero attached hydrogens (tertiary/aromatic N) is 3. The van der Waals surface area contributed by atoms with E-state index in [4.69, 9.17) is 4.74 Å². The Labute approximate surface area is 125 Å². The van der Waals surface area contributed by atoms with Crippen LogP contribution in [0.4, 0.5) is 0 Å². The van der Waals surface area contributed by atoms with Crippen molar-refractivity contribution in [3.8, 4) is 5.75 Å². The number of rotatable bonds is 7. The second-order valence-corrected chi connectivity index (χ2v) is 5.14. The Bertz CT molecular complexity index is 568. The van der Waals surface area contributed by atoms with Crippen LogP contribution in [0.3, 0.4) is 0 Å². The number of aliphatic hydroxyl groups is 1. The van der Waals surface area contributed by atoms with Crippen LogP contribution in [-0.4, -0.2) is 39.8 Å². The van der Waals surface area contributed by atoms with Crippen molar-refractivity contribution in [2.24, 2.45) is 7.05 Å². The van der Waals surface area contributed by atoms with Crippen molar-refractivity contribution in [1.82, 2.24) is 14.5 Å². The smallest absolute Gasteiger partial charge is 0.125 e. The zero-order valence-corrected chi connectivity index (χ0v) is 12.9. The second-order valence-electron chi connectivity index (χ2n) is 5.14. The fourth-order valence-electron chi connectivity index (χ4n) is 2.29. The predicted molar refractivity (Wildman–Crippen MR) is 82.1 cm³/mol. The fraction of sp³-hybridized carbons (Fsp3) is 0.438. The molecule has 0 fully saturated rings. The summed E-state index contributed by atoms with van der Waals surface area (Å²) in [5, 5.41) is 10.4. The van der Waals surface area contributed by atoms with Gasteiger partial charge in [-0.25, -0.2) is 4.98 Å². The molecule has 0 bridgehead atoms. The minimum absolute atomic E-state index is 0.525. The first-order chi connectivity index (χ1) is 10.1. The van der Waals surface area contributed by atoms with Crippen LogP contribution in [-0.2, 0) is 13.6 Å². The molecule has 1 unspecified atom stereocenters. The molecule has 1 aromatic carbocycles. The van der Waals surface area contributed by atoms with Gasteiger partial charge in [-0.1, -0.05) is 18.2 Å². The molecule has 0 saturated carbocycles. The highest BCUT2D eigenvalue weighted by atomic mass is 16.5. The molecule has 0 saturated heterocycles. The molecule has 0 amide bonds. The highest BCUT2D eigenvalue weighted by molar-refractivity contribution is 5.35. The van der Waals surface area contributed by atoms with Crippen molar-refractivity contribution in [3.63, 3.8) is 0 Å². The summed E-state index contributed by atoms with van der Waals surface area (Å²) in [4.78, 5) is 6.35. The Kier molecular flexibility index (Phi) is 5.36. The summed E-state index contributed by atoms with van der Waals surface area (Å²) < 4.78 is 7.55. The number of aryl methyl sites for hydroxylation is 1. The standard InChI is InChI=1S/C16H23N3O2/c1-4-21-15-8-6-5-7-13(15)14(20)11-18(2)12-16-17-9-10-19(16)3/h5-10,14,20H,4,11-12H2,1-3H3. The molecule has 114 valence electrons. The molecule has 0 aliphatic rings. The molecule has 1 atom stereocenters. The average molecular weight is 289 g/mol. The van der Waals surface area contributed by atoms with Gasteiger partial charge < -0.3 is 14.4 Å². The average Bonchev–Trinajstić information content (AvgIpc) is 2.85. The van der Waals surface area contributed by atoms with E-state index >= 15 is 0 Å². The van der Waals surface area contributed by atoms with E-state index < -0.39 is 6.10 Å². The van der Waals surface area contributed by atoms with E-state index in [2.05, 4.69) is 9.88 Å². The monoisotopic (exact) mass is 289 g/mol. The van der Waals surface area contributed by atoms with Crippen LogP contribution < -0.4 is 4.74 Å². The molecule has 0 radical (unpaired) electrons. The Morgan fingerprint density at radius 1 is 1.38 bits per heavy atom.